The van der Waals surface area contributed by atoms with Crippen molar-refractivity contribution in [2.45, 2.75) is 32.6 Å². The van der Waals surface area contributed by atoms with Gasteiger partial charge in [0.1, 0.15) is 11.8 Å². The monoisotopic (exact) mass is 747 g/mol. The highest BCUT2D eigenvalue weighted by Crippen LogP contribution is 2.35. The Kier molecular flexibility index (Phi) is 14.0. The minimum Gasteiger partial charge on any atom is -0.494 e. The van der Waals surface area contributed by atoms with E-state index in [1.807, 2.05) is 97.1 Å². The second kappa shape index (κ2) is 19.7. The molecule has 0 fully saturated rings. The largest absolute Gasteiger partial charge is 0.494 e. The van der Waals surface area contributed by atoms with Gasteiger partial charge in [-0.15, -0.1) is 22.7 Å². The summed E-state index contributed by atoms with van der Waals surface area (Å²) in [6.07, 6.45) is 7.40. The van der Waals surface area contributed by atoms with Crippen LogP contribution in [0.15, 0.2) is 109 Å². The van der Waals surface area contributed by atoms with Gasteiger partial charge in [-0.25, -0.2) is 4.85 Å². The molecule has 1 N–H and O–H groups in total. The highest BCUT2D eigenvalue weighted by molar-refractivity contribution is 7.13. The Hall–Kier alpha value is -6.82. The molecule has 8 nitrogen and oxygen atoms in total. The van der Waals surface area contributed by atoms with Crippen molar-refractivity contribution in [2.24, 2.45) is 0 Å². The van der Waals surface area contributed by atoms with Crippen LogP contribution in [-0.4, -0.2) is 24.2 Å². The minimum absolute atomic E-state index is 0.0860. The fraction of sp³-hybridized carbons (Fsp3) is 0.136. The predicted octanol–water partition coefficient (Wildman–Crippen LogP) is 10.4. The Morgan fingerprint density at radius 1 is 0.778 bits per heavy atom. The van der Waals surface area contributed by atoms with Crippen LogP contribution < -0.4 is 9.64 Å². The van der Waals surface area contributed by atoms with E-state index in [-0.39, 0.29) is 17.9 Å². The Balaban J connectivity index is 1.37. The standard InChI is InChI=1S/C44H33N3O5S2/c1-3-4-5-6-27-51-37-19-17-36(18-20-37)47(34-13-7-32(8-14-34)11-21-39-23-25-41(53-39)28-38(30-45)52-31-48)35-15-9-33(10-16-35)12-22-40-24-26-42(54-40)29-43(46-2)44(49)50/h7-10,13-20,23-26,28-29,31H,3-6,27H2,1H3,(H,49,50)/b38-28+,43-29-. The Morgan fingerprint density at radius 3 is 1.80 bits per heavy atom. The van der Waals surface area contributed by atoms with E-state index >= 15 is 0 Å². The van der Waals surface area contributed by atoms with Gasteiger partial charge in [0.15, 0.2) is 0 Å². The number of unbranched alkanes of at least 4 members (excludes halogenated alkanes) is 3. The van der Waals surface area contributed by atoms with Crippen molar-refractivity contribution >= 4 is 64.3 Å². The van der Waals surface area contributed by atoms with Gasteiger partial charge < -0.3 is 19.5 Å². The summed E-state index contributed by atoms with van der Waals surface area (Å²) >= 11 is 2.71. The van der Waals surface area contributed by atoms with Gasteiger partial charge in [-0.1, -0.05) is 49.9 Å². The van der Waals surface area contributed by atoms with E-state index in [1.54, 1.807) is 6.07 Å². The third kappa shape index (κ3) is 11.1. The molecule has 0 aliphatic carbocycles. The summed E-state index contributed by atoms with van der Waals surface area (Å²) < 4.78 is 10.7. The lowest BCUT2D eigenvalue weighted by Gasteiger charge is -2.25. The highest BCUT2D eigenvalue weighted by atomic mass is 32.1. The van der Waals surface area contributed by atoms with Crippen LogP contribution in [-0.2, 0) is 14.3 Å². The molecular weight excluding hydrogens is 715 g/mol. The molecule has 0 radical (unpaired) electrons. The molecule has 0 aliphatic rings. The van der Waals surface area contributed by atoms with Crippen molar-refractivity contribution in [3.05, 3.63) is 151 Å². The smallest absolute Gasteiger partial charge is 0.333 e. The molecule has 5 rings (SSSR count). The van der Waals surface area contributed by atoms with Gasteiger partial charge in [-0.2, -0.15) is 5.26 Å². The van der Waals surface area contributed by atoms with Gasteiger partial charge in [0, 0.05) is 44.0 Å². The van der Waals surface area contributed by atoms with Gasteiger partial charge in [0.2, 0.25) is 5.76 Å². The topological polar surface area (TPSA) is 104 Å². The first-order valence-electron chi connectivity index (χ1n) is 16.9. The van der Waals surface area contributed by atoms with E-state index < -0.39 is 5.97 Å². The first kappa shape index (κ1) is 38.4. The molecule has 266 valence electrons. The third-order valence-corrected chi connectivity index (χ3v) is 9.60. The molecule has 0 atom stereocenters. The summed E-state index contributed by atoms with van der Waals surface area (Å²) in [7, 11) is 0. The van der Waals surface area contributed by atoms with Crippen LogP contribution in [0.5, 0.6) is 5.75 Å². The number of allylic oxidation sites excluding steroid dienone is 1. The van der Waals surface area contributed by atoms with Crippen LogP contribution in [0.4, 0.5) is 17.1 Å². The number of thiophene rings is 2. The number of carbonyl (C=O) groups excluding carboxylic acids is 1. The van der Waals surface area contributed by atoms with Crippen LogP contribution in [0.2, 0.25) is 0 Å². The van der Waals surface area contributed by atoms with Crippen molar-refractivity contribution in [2.75, 3.05) is 11.5 Å². The summed E-state index contributed by atoms with van der Waals surface area (Å²) in [4.78, 5) is 29.9. The highest BCUT2D eigenvalue weighted by Gasteiger charge is 2.13. The molecule has 0 spiro atoms. The second-order valence-electron chi connectivity index (χ2n) is 11.5. The lowest BCUT2D eigenvalue weighted by Crippen LogP contribution is -2.10. The van der Waals surface area contributed by atoms with E-state index in [4.69, 9.17) is 21.7 Å². The summed E-state index contributed by atoms with van der Waals surface area (Å²) in [6, 6.07) is 33.0. The van der Waals surface area contributed by atoms with Crippen molar-refractivity contribution in [1.82, 2.24) is 0 Å². The summed E-state index contributed by atoms with van der Waals surface area (Å²) in [5.41, 5.74) is 4.08. The van der Waals surface area contributed by atoms with Crippen molar-refractivity contribution in [1.29, 1.82) is 5.26 Å². The van der Waals surface area contributed by atoms with Crippen LogP contribution in [0.25, 0.3) is 17.0 Å². The molecular formula is C44H33N3O5S2. The minimum atomic E-state index is -1.26. The summed E-state index contributed by atoms with van der Waals surface area (Å²) in [5, 5.41) is 18.2. The number of anilines is 3. The van der Waals surface area contributed by atoms with Crippen LogP contribution >= 0.6 is 22.7 Å². The fourth-order valence-corrected chi connectivity index (χ4v) is 6.65. The SMILES string of the molecule is [C-]#[N+]/C(=C\c1ccc(C#Cc2ccc(N(c3ccc(C#Cc4ccc(/C=C(\C#N)OC=O)s4)cc3)c3ccc(OCCCCCC)cc3)cc2)s1)C(=O)O. The Bertz CT molecular complexity index is 2350. The zero-order valence-electron chi connectivity index (χ0n) is 29.2. The molecule has 2 aromatic heterocycles. The number of nitriles is 1. The first-order chi connectivity index (χ1) is 26.4. The Morgan fingerprint density at radius 2 is 1.31 bits per heavy atom. The summed E-state index contributed by atoms with van der Waals surface area (Å²) in [6.45, 7) is 10.2. The molecule has 0 amide bonds. The molecule has 2 heterocycles. The number of carboxylic acids is 1. The first-order valence-corrected chi connectivity index (χ1v) is 18.5. The normalized spacial score (nSPS) is 10.8. The van der Waals surface area contributed by atoms with E-state index in [1.165, 1.54) is 47.7 Å². The molecule has 54 heavy (non-hydrogen) atoms. The quantitative estimate of drug-likeness (QED) is 0.0229. The lowest BCUT2D eigenvalue weighted by molar-refractivity contribution is -0.132. The predicted molar refractivity (Wildman–Crippen MR) is 214 cm³/mol. The number of hydrogen-bond donors (Lipinski definition) is 1. The van der Waals surface area contributed by atoms with Crippen LogP contribution in [0.1, 0.15) is 63.2 Å². The number of nitrogens with zero attached hydrogens (tertiary/aromatic N) is 3. The van der Waals surface area contributed by atoms with Crippen molar-refractivity contribution in [3.63, 3.8) is 0 Å². The fourth-order valence-electron chi connectivity index (χ4n) is 5.06. The molecule has 0 aliphatic heterocycles. The zero-order valence-corrected chi connectivity index (χ0v) is 30.9. The van der Waals surface area contributed by atoms with Gasteiger partial charge in [-0.05, 0) is 110 Å². The van der Waals surface area contributed by atoms with E-state index in [0.29, 0.717) is 11.5 Å². The lowest BCUT2D eigenvalue weighted by atomic mass is 10.1. The maximum Gasteiger partial charge on any atom is 0.333 e. The number of rotatable bonds is 14. The van der Waals surface area contributed by atoms with Gasteiger partial charge in [0.25, 0.3) is 12.2 Å². The average molecular weight is 748 g/mol. The van der Waals surface area contributed by atoms with Crippen molar-refractivity contribution < 1.29 is 24.2 Å². The maximum absolute atomic E-state index is 11.2. The number of benzene rings is 3. The van der Waals surface area contributed by atoms with E-state index in [9.17, 15) is 9.59 Å². The Labute approximate surface area is 322 Å². The number of aliphatic carboxylic acids is 1. The molecule has 0 saturated heterocycles. The second-order valence-corrected chi connectivity index (χ2v) is 13.7. The number of ether oxygens (including phenoxy) is 2. The van der Waals surface area contributed by atoms with E-state index in [0.717, 1.165) is 61.4 Å². The molecule has 0 saturated carbocycles. The summed E-state index contributed by atoms with van der Waals surface area (Å²) in [5.74, 6) is 12.2. The average Bonchev–Trinajstić information content (AvgIpc) is 3.85. The molecule has 3 aromatic carbocycles. The van der Waals surface area contributed by atoms with Gasteiger partial charge in [-0.3, -0.25) is 9.59 Å². The zero-order chi connectivity index (χ0) is 38.1. The molecule has 5 aromatic rings. The maximum atomic E-state index is 11.2. The number of carboxylic acid groups (broad SMARTS) is 1. The van der Waals surface area contributed by atoms with Gasteiger partial charge in [0.05, 0.1) is 22.9 Å². The van der Waals surface area contributed by atoms with Crippen LogP contribution in [0.3, 0.4) is 0 Å². The molecule has 0 unspecified atom stereocenters. The van der Waals surface area contributed by atoms with E-state index in [2.05, 4.69) is 45.1 Å². The molecule has 0 bridgehead atoms. The van der Waals surface area contributed by atoms with Crippen LogP contribution in [0, 0.1) is 41.6 Å². The van der Waals surface area contributed by atoms with Gasteiger partial charge >= 0.3 is 5.97 Å². The van der Waals surface area contributed by atoms with Crippen molar-refractivity contribution in [3.8, 4) is 35.5 Å². The molecule has 10 heteroatoms. The number of hydrogen-bond acceptors (Lipinski definition) is 8. The number of carbonyl (C=O) groups is 2. The third-order valence-electron chi connectivity index (χ3n) is 7.70.